The molecule has 5 N–H and O–H groups in total. The number of imidazole rings is 1. The van der Waals surface area contributed by atoms with Gasteiger partial charge in [-0.15, -0.1) is 0 Å². The lowest BCUT2D eigenvalue weighted by Gasteiger charge is -2.29. The number of carbonyl (C=O) groups is 1. The molecule has 9 nitrogen and oxygen atoms in total. The first-order valence-corrected chi connectivity index (χ1v) is 12.9. The Labute approximate surface area is 217 Å². The summed E-state index contributed by atoms with van der Waals surface area (Å²) in [6.07, 6.45) is 7.38. The van der Waals surface area contributed by atoms with Gasteiger partial charge in [-0.25, -0.2) is 14.4 Å². The third kappa shape index (κ3) is 5.21. The van der Waals surface area contributed by atoms with E-state index >= 15 is 0 Å². The molecule has 0 spiro atoms. The fraction of sp³-hybridized carbons (Fsp3) is 0.500. The number of anilines is 3. The number of aliphatic hydroxyl groups excluding tert-OH is 1. The normalized spacial score (nSPS) is 24.6. The first-order chi connectivity index (χ1) is 17.3. The zero-order chi connectivity index (χ0) is 25.4. The standard InChI is InChI=1S/C24H28Cl2FN7O2/c25-17-8-13(27)9-18(26)20(17)32-24-31-19-11-29-23(30-14-2-1-3-16(35)10-14)33-22(19)34(24)15-6-4-12(5-7-15)21(28)36/h8-9,11-12,14-16,35H,1-7,10H2,(H2,28,36)(H,31,32)(H,29,30,33)/t12?,14?,15?,16-/m1/s1. The number of aliphatic hydroxyl groups is 1. The van der Waals surface area contributed by atoms with Crippen molar-refractivity contribution in [2.75, 3.05) is 10.6 Å². The second-order valence-electron chi connectivity index (χ2n) is 9.65. The average molecular weight is 536 g/mol. The number of hydrogen-bond acceptors (Lipinski definition) is 7. The molecule has 2 saturated carbocycles. The van der Waals surface area contributed by atoms with Gasteiger partial charge in [0.1, 0.15) is 11.3 Å². The number of carbonyl (C=O) groups excluding carboxylic acids is 1. The summed E-state index contributed by atoms with van der Waals surface area (Å²) in [6, 6.07) is 2.44. The lowest BCUT2D eigenvalue weighted by atomic mass is 9.85. The number of nitrogens with two attached hydrogens (primary N) is 1. The topological polar surface area (TPSA) is 131 Å². The molecule has 1 aromatic carbocycles. The average Bonchev–Trinajstić information content (AvgIpc) is 3.18. The van der Waals surface area contributed by atoms with E-state index in [0.29, 0.717) is 60.9 Å². The van der Waals surface area contributed by atoms with Crippen molar-refractivity contribution < 1.29 is 14.3 Å². The van der Waals surface area contributed by atoms with Crippen molar-refractivity contribution in [3.05, 3.63) is 34.2 Å². The minimum absolute atomic E-state index is 0.00893. The van der Waals surface area contributed by atoms with E-state index in [1.54, 1.807) is 6.20 Å². The Morgan fingerprint density at radius 3 is 2.50 bits per heavy atom. The van der Waals surface area contributed by atoms with Crippen LogP contribution in [0.15, 0.2) is 18.3 Å². The highest BCUT2D eigenvalue weighted by atomic mass is 35.5. The van der Waals surface area contributed by atoms with Crippen LogP contribution in [-0.2, 0) is 4.79 Å². The van der Waals surface area contributed by atoms with Crippen LogP contribution in [0.1, 0.15) is 57.4 Å². The van der Waals surface area contributed by atoms with Crippen LogP contribution in [0.4, 0.5) is 22.0 Å². The highest BCUT2D eigenvalue weighted by molar-refractivity contribution is 6.39. The van der Waals surface area contributed by atoms with Crippen LogP contribution in [0.5, 0.6) is 0 Å². The summed E-state index contributed by atoms with van der Waals surface area (Å²) in [6.45, 7) is 0. The second kappa shape index (κ2) is 10.4. The number of primary amides is 1. The van der Waals surface area contributed by atoms with Gasteiger partial charge < -0.3 is 21.5 Å². The Bertz CT molecular complexity index is 1260. The summed E-state index contributed by atoms with van der Waals surface area (Å²) in [4.78, 5) is 25.6. The number of aromatic nitrogens is 4. The maximum Gasteiger partial charge on any atom is 0.224 e. The Kier molecular flexibility index (Phi) is 7.18. The minimum Gasteiger partial charge on any atom is -0.393 e. The summed E-state index contributed by atoms with van der Waals surface area (Å²) in [5.74, 6) is -0.0719. The van der Waals surface area contributed by atoms with E-state index in [-0.39, 0.29) is 40.1 Å². The summed E-state index contributed by atoms with van der Waals surface area (Å²) < 4.78 is 15.7. The SMILES string of the molecule is NC(=O)C1CCC(n2c(Nc3c(Cl)cc(F)cc3Cl)nc3cnc(NC4CCC[C@@H](O)C4)nc32)CC1. The molecule has 2 atom stereocenters. The fourth-order valence-electron chi connectivity index (χ4n) is 5.26. The van der Waals surface area contributed by atoms with Crippen LogP contribution < -0.4 is 16.4 Å². The van der Waals surface area contributed by atoms with Crippen molar-refractivity contribution in [3.8, 4) is 0 Å². The molecule has 5 rings (SSSR count). The number of nitrogens with one attached hydrogen (secondary N) is 2. The van der Waals surface area contributed by atoms with Gasteiger partial charge in [-0.1, -0.05) is 23.2 Å². The fourth-order valence-corrected chi connectivity index (χ4v) is 5.82. The Hall–Kier alpha value is -2.69. The number of rotatable bonds is 6. The van der Waals surface area contributed by atoms with Gasteiger partial charge in [0, 0.05) is 18.0 Å². The van der Waals surface area contributed by atoms with Crippen molar-refractivity contribution in [3.63, 3.8) is 0 Å². The van der Waals surface area contributed by atoms with Crippen LogP contribution in [0, 0.1) is 11.7 Å². The molecular weight excluding hydrogens is 508 g/mol. The van der Waals surface area contributed by atoms with E-state index in [9.17, 15) is 14.3 Å². The van der Waals surface area contributed by atoms with Crippen LogP contribution in [-0.4, -0.2) is 42.7 Å². The van der Waals surface area contributed by atoms with E-state index < -0.39 is 5.82 Å². The van der Waals surface area contributed by atoms with Crippen molar-refractivity contribution in [1.29, 1.82) is 0 Å². The maximum atomic E-state index is 13.8. The highest BCUT2D eigenvalue weighted by Gasteiger charge is 2.30. The van der Waals surface area contributed by atoms with Crippen LogP contribution in [0.3, 0.4) is 0 Å². The largest absolute Gasteiger partial charge is 0.393 e. The molecule has 3 aromatic rings. The number of amides is 1. The molecule has 1 amide bonds. The van der Waals surface area contributed by atoms with E-state index in [0.717, 1.165) is 19.3 Å². The second-order valence-corrected chi connectivity index (χ2v) is 10.5. The molecule has 1 unspecified atom stereocenters. The van der Waals surface area contributed by atoms with Gasteiger partial charge in [0.15, 0.2) is 5.65 Å². The number of fused-ring (bicyclic) bond motifs is 1. The van der Waals surface area contributed by atoms with E-state index in [4.69, 9.17) is 38.9 Å². The van der Waals surface area contributed by atoms with E-state index in [1.807, 2.05) is 4.57 Å². The molecule has 192 valence electrons. The molecule has 0 aliphatic heterocycles. The molecule has 2 heterocycles. The van der Waals surface area contributed by atoms with E-state index in [1.165, 1.54) is 12.1 Å². The molecule has 12 heteroatoms. The van der Waals surface area contributed by atoms with Crippen molar-refractivity contribution in [1.82, 2.24) is 19.5 Å². The van der Waals surface area contributed by atoms with Crippen LogP contribution in [0.2, 0.25) is 10.0 Å². The zero-order valence-electron chi connectivity index (χ0n) is 19.6. The molecule has 2 aromatic heterocycles. The molecular formula is C24H28Cl2FN7O2. The molecule has 0 radical (unpaired) electrons. The number of halogens is 3. The smallest absolute Gasteiger partial charge is 0.224 e. The molecule has 2 fully saturated rings. The van der Waals surface area contributed by atoms with Gasteiger partial charge in [-0.3, -0.25) is 9.36 Å². The van der Waals surface area contributed by atoms with Crippen molar-refractivity contribution in [2.24, 2.45) is 11.7 Å². The third-order valence-electron chi connectivity index (χ3n) is 7.12. The molecule has 0 saturated heterocycles. The van der Waals surface area contributed by atoms with Gasteiger partial charge in [-0.2, -0.15) is 4.98 Å². The van der Waals surface area contributed by atoms with Crippen molar-refractivity contribution >= 4 is 57.9 Å². The molecule has 2 aliphatic rings. The summed E-state index contributed by atoms with van der Waals surface area (Å²) >= 11 is 12.6. The molecule has 2 aliphatic carbocycles. The Morgan fingerprint density at radius 1 is 1.11 bits per heavy atom. The quantitative estimate of drug-likeness (QED) is 0.351. The third-order valence-corrected chi connectivity index (χ3v) is 7.72. The number of nitrogens with zero attached hydrogens (tertiary/aromatic N) is 4. The van der Waals surface area contributed by atoms with Gasteiger partial charge in [0.05, 0.1) is 28.0 Å². The Balaban J connectivity index is 1.51. The highest BCUT2D eigenvalue weighted by Crippen LogP contribution is 2.39. The van der Waals surface area contributed by atoms with Gasteiger partial charge in [0.2, 0.25) is 17.8 Å². The number of hydrogen-bond donors (Lipinski definition) is 4. The summed E-state index contributed by atoms with van der Waals surface area (Å²) in [5.41, 5.74) is 7.06. The lowest BCUT2D eigenvalue weighted by molar-refractivity contribution is -0.122. The van der Waals surface area contributed by atoms with Crippen molar-refractivity contribution in [2.45, 2.75) is 69.6 Å². The predicted molar refractivity (Wildman–Crippen MR) is 137 cm³/mol. The molecule has 0 bridgehead atoms. The lowest BCUT2D eigenvalue weighted by Crippen LogP contribution is -2.30. The zero-order valence-corrected chi connectivity index (χ0v) is 21.1. The summed E-state index contributed by atoms with van der Waals surface area (Å²) in [7, 11) is 0. The van der Waals surface area contributed by atoms with Crippen LogP contribution >= 0.6 is 23.2 Å². The van der Waals surface area contributed by atoms with Gasteiger partial charge >= 0.3 is 0 Å². The first-order valence-electron chi connectivity index (χ1n) is 12.2. The van der Waals surface area contributed by atoms with Crippen LogP contribution in [0.25, 0.3) is 11.2 Å². The van der Waals surface area contributed by atoms with Gasteiger partial charge in [-0.05, 0) is 63.5 Å². The molecule has 36 heavy (non-hydrogen) atoms. The number of benzene rings is 1. The monoisotopic (exact) mass is 535 g/mol. The maximum absolute atomic E-state index is 13.8. The predicted octanol–water partition coefficient (Wildman–Crippen LogP) is 4.95. The van der Waals surface area contributed by atoms with E-state index in [2.05, 4.69) is 15.6 Å². The first kappa shape index (κ1) is 25.0. The Morgan fingerprint density at radius 2 is 1.83 bits per heavy atom. The minimum atomic E-state index is -0.539. The summed E-state index contributed by atoms with van der Waals surface area (Å²) in [5, 5.41) is 16.8. The van der Waals surface area contributed by atoms with Gasteiger partial charge in [0.25, 0.3) is 0 Å².